The molecule has 1 aromatic carbocycles. The lowest BCUT2D eigenvalue weighted by molar-refractivity contribution is -0.596. The summed E-state index contributed by atoms with van der Waals surface area (Å²) < 4.78 is 2.33. The average Bonchev–Trinajstić information content (AvgIpc) is 2.91. The van der Waals surface area contributed by atoms with Gasteiger partial charge in [-0.3, -0.25) is 0 Å². The topological polar surface area (TPSA) is 3.88 Å². The second-order valence-corrected chi connectivity index (χ2v) is 11.1. The van der Waals surface area contributed by atoms with Crippen LogP contribution in [0.3, 0.4) is 0 Å². The van der Waals surface area contributed by atoms with E-state index in [1.54, 1.807) is 11.1 Å². The highest BCUT2D eigenvalue weighted by molar-refractivity contribution is 5.25. The lowest BCUT2D eigenvalue weighted by atomic mass is 9.97. The van der Waals surface area contributed by atoms with Gasteiger partial charge in [-0.2, -0.15) is 4.57 Å². The van der Waals surface area contributed by atoms with E-state index in [1.165, 1.54) is 147 Å². The fourth-order valence-electron chi connectivity index (χ4n) is 5.41. The van der Waals surface area contributed by atoms with Crippen molar-refractivity contribution >= 4 is 0 Å². The van der Waals surface area contributed by atoms with Gasteiger partial charge in [0.15, 0.2) is 12.4 Å². The molecule has 1 aromatic heterocycles. The summed E-state index contributed by atoms with van der Waals surface area (Å²) in [6.45, 7) is 4.60. The van der Waals surface area contributed by atoms with Gasteiger partial charge in [0.1, 0.15) is 0 Å². The molecule has 0 unspecified atom stereocenters. The molecular weight excluding hydrogens is 434 g/mol. The third-order valence-corrected chi connectivity index (χ3v) is 7.80. The summed E-state index contributed by atoms with van der Waals surface area (Å²) in [5.74, 6) is 0. The zero-order valence-electron chi connectivity index (χ0n) is 24.1. The van der Waals surface area contributed by atoms with Crippen LogP contribution in [0.5, 0.6) is 0 Å². The quantitative estimate of drug-likeness (QED) is 0.107. The third kappa shape index (κ3) is 14.2. The molecule has 2 aromatic rings. The minimum Gasteiger partial charge on any atom is -0.167 e. The predicted octanol–water partition coefficient (Wildman–Crippen LogP) is 10.9. The minimum atomic E-state index is 1.23. The number of unbranched alkanes of at least 4 members (excludes halogenated alkanes) is 18. The van der Waals surface area contributed by atoms with Crippen molar-refractivity contribution in [3.8, 4) is 5.69 Å². The molecule has 0 radical (unpaired) electrons. The Labute approximate surface area is 225 Å². The molecule has 1 heterocycles. The molecule has 1 heteroatoms. The smallest absolute Gasteiger partial charge is 0.167 e. The fraction of sp³-hybridized carbons (Fsp3) is 0.686. The van der Waals surface area contributed by atoms with Crippen LogP contribution in [-0.4, -0.2) is 0 Å². The van der Waals surface area contributed by atoms with Gasteiger partial charge in [0, 0.05) is 23.8 Å². The van der Waals surface area contributed by atoms with E-state index in [0.717, 1.165) is 0 Å². The SMILES string of the molecule is CCCCCCCCCCCCc1cc[n+](-c2ccccc2)cc1CCCCCCCCCCCC. The minimum absolute atomic E-state index is 1.23. The van der Waals surface area contributed by atoms with Gasteiger partial charge >= 0.3 is 0 Å². The van der Waals surface area contributed by atoms with Crippen LogP contribution in [0, 0.1) is 0 Å². The summed E-state index contributed by atoms with van der Waals surface area (Å²) in [6, 6.07) is 13.2. The molecular formula is C35H58N+. The van der Waals surface area contributed by atoms with Gasteiger partial charge in [-0.25, -0.2) is 0 Å². The first-order valence-corrected chi connectivity index (χ1v) is 15.9. The Morgan fingerprint density at radius 1 is 0.444 bits per heavy atom. The highest BCUT2D eigenvalue weighted by atomic mass is 14.9. The fourth-order valence-corrected chi connectivity index (χ4v) is 5.41. The highest BCUT2D eigenvalue weighted by Gasteiger charge is 2.11. The van der Waals surface area contributed by atoms with Crippen molar-refractivity contribution in [3.63, 3.8) is 0 Å². The van der Waals surface area contributed by atoms with Gasteiger partial charge in [-0.05, 0) is 31.2 Å². The summed E-state index contributed by atoms with van der Waals surface area (Å²) >= 11 is 0. The number of aromatic nitrogens is 1. The van der Waals surface area contributed by atoms with Gasteiger partial charge < -0.3 is 0 Å². The zero-order chi connectivity index (χ0) is 25.5. The van der Waals surface area contributed by atoms with E-state index >= 15 is 0 Å². The van der Waals surface area contributed by atoms with Crippen LogP contribution in [0.1, 0.15) is 153 Å². The van der Waals surface area contributed by atoms with Crippen molar-refractivity contribution in [2.45, 2.75) is 155 Å². The molecule has 0 aliphatic carbocycles. The molecule has 0 atom stereocenters. The van der Waals surface area contributed by atoms with Crippen LogP contribution in [0.15, 0.2) is 48.8 Å². The highest BCUT2D eigenvalue weighted by Crippen LogP contribution is 2.18. The largest absolute Gasteiger partial charge is 0.210 e. The van der Waals surface area contributed by atoms with Gasteiger partial charge in [-0.1, -0.05) is 148 Å². The van der Waals surface area contributed by atoms with Crippen LogP contribution >= 0.6 is 0 Å². The van der Waals surface area contributed by atoms with E-state index in [-0.39, 0.29) is 0 Å². The van der Waals surface area contributed by atoms with E-state index < -0.39 is 0 Å². The van der Waals surface area contributed by atoms with E-state index in [9.17, 15) is 0 Å². The van der Waals surface area contributed by atoms with Gasteiger partial charge in [0.25, 0.3) is 0 Å². The number of aryl methyl sites for hydroxylation is 2. The van der Waals surface area contributed by atoms with Crippen molar-refractivity contribution in [2.24, 2.45) is 0 Å². The van der Waals surface area contributed by atoms with Crippen LogP contribution in [0.25, 0.3) is 5.69 Å². The molecule has 0 aliphatic heterocycles. The first kappa shape index (κ1) is 30.6. The molecule has 202 valence electrons. The Morgan fingerprint density at radius 3 is 1.33 bits per heavy atom. The molecule has 0 aliphatic rings. The molecule has 36 heavy (non-hydrogen) atoms. The normalized spacial score (nSPS) is 11.3. The van der Waals surface area contributed by atoms with Crippen LogP contribution in [0.4, 0.5) is 0 Å². The number of rotatable bonds is 23. The number of hydrogen-bond acceptors (Lipinski definition) is 0. The first-order chi connectivity index (χ1) is 17.8. The number of benzene rings is 1. The molecule has 2 rings (SSSR count). The van der Waals surface area contributed by atoms with E-state index in [4.69, 9.17) is 0 Å². The van der Waals surface area contributed by atoms with Crippen molar-refractivity contribution < 1.29 is 4.57 Å². The molecule has 0 fully saturated rings. The summed E-state index contributed by atoms with van der Waals surface area (Å²) in [5.41, 5.74) is 4.45. The summed E-state index contributed by atoms with van der Waals surface area (Å²) in [6.07, 6.45) is 35.4. The number of pyridine rings is 1. The first-order valence-electron chi connectivity index (χ1n) is 15.9. The van der Waals surface area contributed by atoms with Crippen molar-refractivity contribution in [2.75, 3.05) is 0 Å². The number of nitrogens with zero attached hydrogens (tertiary/aromatic N) is 1. The zero-order valence-corrected chi connectivity index (χ0v) is 24.1. The van der Waals surface area contributed by atoms with Crippen LogP contribution in [0.2, 0.25) is 0 Å². The van der Waals surface area contributed by atoms with Crippen LogP contribution < -0.4 is 4.57 Å². The van der Waals surface area contributed by atoms with Crippen molar-refractivity contribution in [1.82, 2.24) is 0 Å². The lowest BCUT2D eigenvalue weighted by Crippen LogP contribution is -2.30. The van der Waals surface area contributed by atoms with E-state index in [0.29, 0.717) is 0 Å². The van der Waals surface area contributed by atoms with Gasteiger partial charge in [0.2, 0.25) is 5.69 Å². The van der Waals surface area contributed by atoms with Crippen LogP contribution in [-0.2, 0) is 12.8 Å². The Morgan fingerprint density at radius 2 is 0.861 bits per heavy atom. The summed E-state index contributed by atoms with van der Waals surface area (Å²) in [4.78, 5) is 0. The van der Waals surface area contributed by atoms with Crippen molar-refractivity contribution in [1.29, 1.82) is 0 Å². The molecule has 0 saturated carbocycles. The average molecular weight is 493 g/mol. The monoisotopic (exact) mass is 492 g/mol. The Hall–Kier alpha value is -1.63. The van der Waals surface area contributed by atoms with E-state index in [1.807, 2.05) is 0 Å². The maximum absolute atomic E-state index is 2.43. The Bertz CT molecular complexity index is 750. The third-order valence-electron chi connectivity index (χ3n) is 7.80. The number of para-hydroxylation sites is 1. The molecule has 0 N–H and O–H groups in total. The second-order valence-electron chi connectivity index (χ2n) is 11.1. The van der Waals surface area contributed by atoms with E-state index in [2.05, 4.69) is 67.2 Å². The molecule has 1 nitrogen and oxygen atoms in total. The lowest BCUT2D eigenvalue weighted by Gasteiger charge is -2.09. The standard InChI is InChI=1S/C35H58N/c1-3-5-7-9-11-13-15-17-19-22-26-33-30-31-36(35-28-24-21-25-29-35)32-34(33)27-23-20-18-16-14-12-10-8-6-4-2/h21,24-25,28-32H,3-20,22-23,26-27H2,1-2H3/q+1. The second kappa shape index (κ2) is 21.5. The maximum atomic E-state index is 2.43. The Kier molecular flexibility index (Phi) is 18.2. The van der Waals surface area contributed by atoms with Gasteiger partial charge in [0.05, 0.1) is 0 Å². The predicted molar refractivity (Wildman–Crippen MR) is 159 cm³/mol. The maximum Gasteiger partial charge on any atom is 0.210 e. The van der Waals surface area contributed by atoms with Crippen molar-refractivity contribution in [3.05, 3.63) is 59.9 Å². The Balaban J connectivity index is 1.73. The molecule has 0 spiro atoms. The molecule has 0 saturated heterocycles. The molecule has 0 amide bonds. The summed E-state index contributed by atoms with van der Waals surface area (Å²) in [5, 5.41) is 0. The number of hydrogen-bond donors (Lipinski definition) is 0. The molecule has 0 bridgehead atoms. The van der Waals surface area contributed by atoms with Gasteiger partial charge in [-0.15, -0.1) is 0 Å². The summed E-state index contributed by atoms with van der Waals surface area (Å²) in [7, 11) is 0.